The number of hydrogen-bond acceptors (Lipinski definition) is 2. The molecule has 1 aliphatic carbocycles. The normalized spacial score (nSPS) is 25.6. The van der Waals surface area contributed by atoms with Crippen LogP contribution in [0.2, 0.25) is 0 Å². The van der Waals surface area contributed by atoms with Crippen LogP contribution in [0.25, 0.3) is 0 Å². The maximum absolute atomic E-state index is 11.0. The summed E-state index contributed by atoms with van der Waals surface area (Å²) in [5.41, 5.74) is 1.30. The van der Waals surface area contributed by atoms with E-state index in [4.69, 9.17) is 5.11 Å². The van der Waals surface area contributed by atoms with Crippen LogP contribution in [0.5, 0.6) is 0 Å². The van der Waals surface area contributed by atoms with Gasteiger partial charge in [0.1, 0.15) is 0 Å². The molecule has 0 aromatic heterocycles. The monoisotopic (exact) mass is 247 g/mol. The van der Waals surface area contributed by atoms with Crippen LogP contribution in [0.3, 0.4) is 0 Å². The molecule has 1 aromatic carbocycles. The van der Waals surface area contributed by atoms with Crippen molar-refractivity contribution in [2.24, 2.45) is 11.8 Å². The summed E-state index contributed by atoms with van der Waals surface area (Å²) in [5.74, 6) is -0.211. The van der Waals surface area contributed by atoms with E-state index in [-0.39, 0.29) is 5.92 Å². The van der Waals surface area contributed by atoms with E-state index >= 15 is 0 Å². The van der Waals surface area contributed by atoms with Crippen LogP contribution in [0.1, 0.15) is 37.3 Å². The molecule has 0 heterocycles. The molecule has 0 saturated heterocycles. The van der Waals surface area contributed by atoms with Crippen molar-refractivity contribution in [3.05, 3.63) is 35.9 Å². The van der Waals surface area contributed by atoms with Gasteiger partial charge in [-0.15, -0.1) is 0 Å². The van der Waals surface area contributed by atoms with Crippen LogP contribution >= 0.6 is 0 Å². The van der Waals surface area contributed by atoms with Gasteiger partial charge in [0.15, 0.2) is 0 Å². The highest BCUT2D eigenvalue weighted by atomic mass is 16.4. The minimum absolute atomic E-state index is 0.130. The first-order valence-corrected chi connectivity index (χ1v) is 6.67. The van der Waals surface area contributed by atoms with Gasteiger partial charge in [-0.05, 0) is 44.2 Å². The van der Waals surface area contributed by atoms with Crippen LogP contribution in [-0.4, -0.2) is 18.1 Å². The van der Waals surface area contributed by atoms with Gasteiger partial charge in [0.2, 0.25) is 0 Å². The molecule has 1 unspecified atom stereocenters. The molecule has 18 heavy (non-hydrogen) atoms. The third-order valence-electron chi connectivity index (χ3n) is 4.06. The molecule has 3 nitrogen and oxygen atoms in total. The molecular formula is C15H21NO2. The molecule has 3 heteroatoms. The van der Waals surface area contributed by atoms with Gasteiger partial charge in [-0.25, -0.2) is 0 Å². The Bertz CT molecular complexity index is 383. The van der Waals surface area contributed by atoms with Crippen molar-refractivity contribution in [1.29, 1.82) is 0 Å². The smallest absolute Gasteiger partial charge is 0.306 e. The Morgan fingerprint density at radius 1 is 1.22 bits per heavy atom. The summed E-state index contributed by atoms with van der Waals surface area (Å²) in [6.07, 6.45) is 3.62. The minimum Gasteiger partial charge on any atom is -0.481 e. The van der Waals surface area contributed by atoms with E-state index in [0.29, 0.717) is 12.0 Å². The van der Waals surface area contributed by atoms with Crippen LogP contribution in [0.4, 0.5) is 0 Å². The lowest BCUT2D eigenvalue weighted by atomic mass is 9.77. The maximum Gasteiger partial charge on any atom is 0.306 e. The first-order valence-electron chi connectivity index (χ1n) is 6.67. The molecule has 0 bridgehead atoms. The van der Waals surface area contributed by atoms with Gasteiger partial charge in [0.05, 0.1) is 5.92 Å². The van der Waals surface area contributed by atoms with E-state index in [0.717, 1.165) is 25.7 Å². The second-order valence-electron chi connectivity index (χ2n) is 5.13. The Hall–Kier alpha value is -1.35. The summed E-state index contributed by atoms with van der Waals surface area (Å²) in [6.45, 7) is 0. The lowest BCUT2D eigenvalue weighted by Crippen LogP contribution is -2.30. The summed E-state index contributed by atoms with van der Waals surface area (Å²) in [4.78, 5) is 11.0. The minimum atomic E-state index is -0.630. The Kier molecular flexibility index (Phi) is 4.37. The van der Waals surface area contributed by atoms with E-state index in [9.17, 15) is 4.79 Å². The number of nitrogens with one attached hydrogen (secondary N) is 1. The van der Waals surface area contributed by atoms with Crippen LogP contribution in [0, 0.1) is 11.8 Å². The van der Waals surface area contributed by atoms with E-state index in [1.807, 2.05) is 13.1 Å². The van der Waals surface area contributed by atoms with Crippen molar-refractivity contribution < 1.29 is 9.90 Å². The Morgan fingerprint density at radius 2 is 1.83 bits per heavy atom. The molecule has 1 fully saturated rings. The number of hydrogen-bond donors (Lipinski definition) is 2. The van der Waals surface area contributed by atoms with Crippen LogP contribution in [-0.2, 0) is 4.79 Å². The van der Waals surface area contributed by atoms with E-state index in [2.05, 4.69) is 29.6 Å². The molecule has 1 atom stereocenters. The zero-order valence-corrected chi connectivity index (χ0v) is 10.8. The van der Waals surface area contributed by atoms with Crippen LogP contribution < -0.4 is 5.32 Å². The van der Waals surface area contributed by atoms with Crippen molar-refractivity contribution in [2.45, 2.75) is 31.7 Å². The number of carbonyl (C=O) groups is 1. The second kappa shape index (κ2) is 6.01. The number of rotatable bonds is 4. The van der Waals surface area contributed by atoms with Crippen LogP contribution in [0.15, 0.2) is 30.3 Å². The van der Waals surface area contributed by atoms with Crippen molar-refractivity contribution in [2.75, 3.05) is 7.05 Å². The maximum atomic E-state index is 11.0. The molecule has 0 radical (unpaired) electrons. The fourth-order valence-corrected chi connectivity index (χ4v) is 3.03. The molecule has 1 aromatic rings. The Balaban J connectivity index is 2.01. The van der Waals surface area contributed by atoms with Gasteiger partial charge < -0.3 is 10.4 Å². The Labute approximate surface area is 108 Å². The average molecular weight is 247 g/mol. The van der Waals surface area contributed by atoms with Gasteiger partial charge in [-0.3, -0.25) is 4.79 Å². The standard InChI is InChI=1S/C15H21NO2/c1-16-14(11-5-3-2-4-6-11)12-7-9-13(10-8-12)15(17)18/h2-6,12-14,16H,7-10H2,1H3,(H,17,18). The van der Waals surface area contributed by atoms with Crippen molar-refractivity contribution >= 4 is 5.97 Å². The van der Waals surface area contributed by atoms with Gasteiger partial charge in [-0.1, -0.05) is 30.3 Å². The van der Waals surface area contributed by atoms with Gasteiger partial charge in [0, 0.05) is 6.04 Å². The topological polar surface area (TPSA) is 49.3 Å². The zero-order valence-electron chi connectivity index (χ0n) is 10.8. The highest BCUT2D eigenvalue weighted by molar-refractivity contribution is 5.70. The van der Waals surface area contributed by atoms with Crippen molar-refractivity contribution in [3.8, 4) is 0 Å². The third-order valence-corrected chi connectivity index (χ3v) is 4.06. The average Bonchev–Trinajstić information content (AvgIpc) is 2.41. The summed E-state index contributed by atoms with van der Waals surface area (Å²) >= 11 is 0. The highest BCUT2D eigenvalue weighted by Gasteiger charge is 2.30. The molecule has 1 saturated carbocycles. The number of benzene rings is 1. The van der Waals surface area contributed by atoms with Crippen molar-refractivity contribution in [3.63, 3.8) is 0 Å². The summed E-state index contributed by atoms with van der Waals surface area (Å²) in [5, 5.41) is 12.4. The van der Waals surface area contributed by atoms with Gasteiger partial charge in [-0.2, -0.15) is 0 Å². The Morgan fingerprint density at radius 3 is 2.33 bits per heavy atom. The van der Waals surface area contributed by atoms with Gasteiger partial charge in [0.25, 0.3) is 0 Å². The second-order valence-corrected chi connectivity index (χ2v) is 5.13. The first kappa shape index (κ1) is 13.1. The predicted molar refractivity (Wildman–Crippen MR) is 71.3 cm³/mol. The highest BCUT2D eigenvalue weighted by Crippen LogP contribution is 2.36. The summed E-state index contributed by atoms with van der Waals surface area (Å²) < 4.78 is 0. The fraction of sp³-hybridized carbons (Fsp3) is 0.533. The number of carboxylic acids is 1. The third kappa shape index (κ3) is 2.91. The summed E-state index contributed by atoms with van der Waals surface area (Å²) in [6, 6.07) is 10.8. The fourth-order valence-electron chi connectivity index (χ4n) is 3.03. The largest absolute Gasteiger partial charge is 0.481 e. The number of carboxylic acid groups (broad SMARTS) is 1. The quantitative estimate of drug-likeness (QED) is 0.860. The molecule has 2 N–H and O–H groups in total. The lowest BCUT2D eigenvalue weighted by Gasteiger charge is -2.32. The molecular weight excluding hydrogens is 226 g/mol. The van der Waals surface area contributed by atoms with E-state index in [1.54, 1.807) is 0 Å². The predicted octanol–water partition coefficient (Wildman–Crippen LogP) is 2.84. The molecule has 0 amide bonds. The first-order chi connectivity index (χ1) is 8.72. The summed E-state index contributed by atoms with van der Waals surface area (Å²) in [7, 11) is 1.99. The molecule has 98 valence electrons. The number of aliphatic carboxylic acids is 1. The molecule has 2 rings (SSSR count). The van der Waals surface area contributed by atoms with E-state index < -0.39 is 5.97 Å². The van der Waals surface area contributed by atoms with Crippen molar-refractivity contribution in [1.82, 2.24) is 5.32 Å². The lowest BCUT2D eigenvalue weighted by molar-refractivity contribution is -0.143. The molecule has 0 aliphatic heterocycles. The zero-order chi connectivity index (χ0) is 13.0. The van der Waals surface area contributed by atoms with E-state index in [1.165, 1.54) is 5.56 Å². The molecule has 0 spiro atoms. The molecule has 1 aliphatic rings. The van der Waals surface area contributed by atoms with Gasteiger partial charge >= 0.3 is 5.97 Å². The SMILES string of the molecule is CNC(c1ccccc1)C1CCC(C(=O)O)CC1.